The number of amides is 3. The Morgan fingerprint density at radius 3 is 1.86 bits per heavy atom. The summed E-state index contributed by atoms with van der Waals surface area (Å²) in [7, 11) is 0. The van der Waals surface area contributed by atoms with Gasteiger partial charge in [0.2, 0.25) is 17.7 Å². The lowest BCUT2D eigenvalue weighted by molar-refractivity contribution is -0.143. The number of nitrogens with two attached hydrogens (primary N) is 1. The molecule has 0 bridgehead atoms. The Labute approximate surface area is 174 Å². The smallest absolute Gasteiger partial charge is 0.328 e. The van der Waals surface area contributed by atoms with Gasteiger partial charge in [-0.1, -0.05) is 20.3 Å². The number of aliphatic hydroxyl groups is 2. The second kappa shape index (κ2) is 14.1. The fourth-order valence-corrected chi connectivity index (χ4v) is 2.68. The SMILES string of the molecule is CCC(C)C(N)C(=O)NC(CO)C(=O)NC(CCSC)C(=O)NC(CO)C(=O)O. The Balaban J connectivity index is 5.14. The van der Waals surface area contributed by atoms with Gasteiger partial charge in [-0.2, -0.15) is 11.8 Å². The zero-order valence-corrected chi connectivity index (χ0v) is 17.7. The highest BCUT2D eigenvalue weighted by atomic mass is 32.2. The summed E-state index contributed by atoms with van der Waals surface area (Å²) in [5, 5.41) is 34.4. The summed E-state index contributed by atoms with van der Waals surface area (Å²) in [5.41, 5.74) is 5.82. The van der Waals surface area contributed by atoms with E-state index in [1.54, 1.807) is 13.2 Å². The van der Waals surface area contributed by atoms with Crippen molar-refractivity contribution < 1.29 is 34.5 Å². The van der Waals surface area contributed by atoms with Crippen molar-refractivity contribution >= 4 is 35.5 Å². The van der Waals surface area contributed by atoms with Crippen LogP contribution < -0.4 is 21.7 Å². The monoisotopic (exact) mass is 436 g/mol. The van der Waals surface area contributed by atoms with Crippen LogP contribution in [0.3, 0.4) is 0 Å². The van der Waals surface area contributed by atoms with E-state index in [0.29, 0.717) is 12.2 Å². The average Bonchev–Trinajstić information content (AvgIpc) is 2.70. The van der Waals surface area contributed by atoms with Crippen molar-refractivity contribution in [1.82, 2.24) is 16.0 Å². The number of nitrogens with one attached hydrogen (secondary N) is 3. The van der Waals surface area contributed by atoms with Crippen molar-refractivity contribution in [3.05, 3.63) is 0 Å². The Hall–Kier alpha value is -1.89. The normalized spacial score (nSPS) is 16.1. The number of hydrogen-bond acceptors (Lipinski definition) is 8. The molecule has 8 N–H and O–H groups in total. The molecule has 5 atom stereocenters. The number of hydrogen-bond donors (Lipinski definition) is 7. The van der Waals surface area contributed by atoms with E-state index in [1.807, 2.05) is 6.92 Å². The molecule has 0 aromatic carbocycles. The van der Waals surface area contributed by atoms with Gasteiger partial charge in [0.1, 0.15) is 18.1 Å². The molecule has 0 saturated carbocycles. The van der Waals surface area contributed by atoms with Gasteiger partial charge in [0, 0.05) is 0 Å². The first-order valence-electron chi connectivity index (χ1n) is 9.22. The fraction of sp³-hybridized carbons (Fsp3) is 0.765. The summed E-state index contributed by atoms with van der Waals surface area (Å²) in [6, 6.07) is -4.82. The van der Waals surface area contributed by atoms with Crippen LogP contribution in [0.2, 0.25) is 0 Å². The zero-order valence-electron chi connectivity index (χ0n) is 16.9. The predicted octanol–water partition coefficient (Wildman–Crippen LogP) is -2.36. The highest BCUT2D eigenvalue weighted by Crippen LogP contribution is 2.06. The summed E-state index contributed by atoms with van der Waals surface area (Å²) in [6.45, 7) is 2.12. The maximum atomic E-state index is 12.5. The van der Waals surface area contributed by atoms with Crippen molar-refractivity contribution in [2.45, 2.75) is 50.9 Å². The van der Waals surface area contributed by atoms with Crippen molar-refractivity contribution in [3.8, 4) is 0 Å². The van der Waals surface area contributed by atoms with Crippen LogP contribution in [-0.2, 0) is 19.2 Å². The fourth-order valence-electron chi connectivity index (χ4n) is 2.21. The third-order valence-electron chi connectivity index (χ3n) is 4.42. The number of rotatable bonds is 14. The van der Waals surface area contributed by atoms with Crippen LogP contribution in [0.5, 0.6) is 0 Å². The van der Waals surface area contributed by atoms with Crippen LogP contribution in [0.1, 0.15) is 26.7 Å². The molecule has 168 valence electrons. The van der Waals surface area contributed by atoms with Gasteiger partial charge in [0.05, 0.1) is 19.3 Å². The number of carbonyl (C=O) groups excluding carboxylic acids is 3. The number of carboxylic acid groups (broad SMARTS) is 1. The van der Waals surface area contributed by atoms with Crippen LogP contribution in [0, 0.1) is 5.92 Å². The van der Waals surface area contributed by atoms with E-state index in [1.165, 1.54) is 11.8 Å². The van der Waals surface area contributed by atoms with E-state index in [0.717, 1.165) is 0 Å². The molecule has 3 amide bonds. The minimum atomic E-state index is -1.52. The number of carbonyl (C=O) groups is 4. The highest BCUT2D eigenvalue weighted by Gasteiger charge is 2.30. The van der Waals surface area contributed by atoms with Crippen LogP contribution in [0.4, 0.5) is 0 Å². The molecule has 29 heavy (non-hydrogen) atoms. The van der Waals surface area contributed by atoms with Gasteiger partial charge in [-0.25, -0.2) is 4.79 Å². The Morgan fingerprint density at radius 2 is 1.41 bits per heavy atom. The van der Waals surface area contributed by atoms with Gasteiger partial charge < -0.3 is 37.0 Å². The Bertz CT molecular complexity index is 564. The number of carboxylic acids is 1. The summed E-state index contributed by atoms with van der Waals surface area (Å²) >= 11 is 1.41. The van der Waals surface area contributed by atoms with Gasteiger partial charge in [0.15, 0.2) is 0 Å². The lowest BCUT2D eigenvalue weighted by Crippen LogP contribution is -2.58. The second-order valence-corrected chi connectivity index (χ2v) is 7.57. The quantitative estimate of drug-likeness (QED) is 0.156. The molecule has 0 heterocycles. The van der Waals surface area contributed by atoms with Crippen LogP contribution in [0.25, 0.3) is 0 Å². The lowest BCUT2D eigenvalue weighted by atomic mass is 9.99. The molecule has 0 fully saturated rings. The number of aliphatic hydroxyl groups excluding tert-OH is 2. The van der Waals surface area contributed by atoms with E-state index in [-0.39, 0.29) is 12.3 Å². The maximum Gasteiger partial charge on any atom is 0.328 e. The first kappa shape index (κ1) is 27.1. The van der Waals surface area contributed by atoms with Crippen LogP contribution in [0.15, 0.2) is 0 Å². The summed E-state index contributed by atoms with van der Waals surface area (Å²) in [5.74, 6) is -3.30. The molecule has 0 rings (SSSR count). The average molecular weight is 437 g/mol. The molecule has 11 nitrogen and oxygen atoms in total. The van der Waals surface area contributed by atoms with Gasteiger partial charge in [0.25, 0.3) is 0 Å². The highest BCUT2D eigenvalue weighted by molar-refractivity contribution is 7.98. The van der Waals surface area contributed by atoms with Crippen molar-refractivity contribution in [2.24, 2.45) is 11.7 Å². The van der Waals surface area contributed by atoms with Crippen LogP contribution in [-0.4, -0.2) is 88.4 Å². The molecule has 0 aliphatic heterocycles. The van der Waals surface area contributed by atoms with Crippen molar-refractivity contribution in [1.29, 1.82) is 0 Å². The summed E-state index contributed by atoms with van der Waals surface area (Å²) in [6.07, 6.45) is 2.61. The van der Waals surface area contributed by atoms with E-state index in [9.17, 15) is 24.3 Å². The first-order valence-corrected chi connectivity index (χ1v) is 10.6. The number of thioether (sulfide) groups is 1. The molecule has 0 aliphatic rings. The largest absolute Gasteiger partial charge is 0.480 e. The topological polar surface area (TPSA) is 191 Å². The molecular formula is C17H32N4O7S. The lowest BCUT2D eigenvalue weighted by Gasteiger charge is -2.25. The van der Waals surface area contributed by atoms with E-state index in [2.05, 4.69) is 16.0 Å². The molecule has 0 saturated heterocycles. The summed E-state index contributed by atoms with van der Waals surface area (Å²) < 4.78 is 0. The summed E-state index contributed by atoms with van der Waals surface area (Å²) in [4.78, 5) is 48.0. The van der Waals surface area contributed by atoms with E-state index >= 15 is 0 Å². The van der Waals surface area contributed by atoms with Gasteiger partial charge in [-0.15, -0.1) is 0 Å². The molecule has 0 aliphatic carbocycles. The first-order chi connectivity index (χ1) is 13.6. The van der Waals surface area contributed by atoms with Gasteiger partial charge in [-0.3, -0.25) is 14.4 Å². The minimum Gasteiger partial charge on any atom is -0.480 e. The maximum absolute atomic E-state index is 12.5. The third-order valence-corrected chi connectivity index (χ3v) is 5.06. The molecule has 12 heteroatoms. The molecule has 0 aromatic rings. The van der Waals surface area contributed by atoms with Crippen molar-refractivity contribution in [3.63, 3.8) is 0 Å². The zero-order chi connectivity index (χ0) is 22.6. The van der Waals surface area contributed by atoms with Gasteiger partial charge >= 0.3 is 5.97 Å². The predicted molar refractivity (Wildman–Crippen MR) is 108 cm³/mol. The third kappa shape index (κ3) is 9.43. The Morgan fingerprint density at radius 1 is 0.931 bits per heavy atom. The molecule has 0 radical (unpaired) electrons. The standard InChI is InChI=1S/C17H32N4O7S/c1-4-9(2)13(18)16(26)20-11(7-22)15(25)19-10(5-6-29-3)14(24)21-12(8-23)17(27)28/h9-13,22-23H,4-8,18H2,1-3H3,(H,19,25)(H,20,26)(H,21,24)(H,27,28). The Kier molecular flexibility index (Phi) is 13.2. The van der Waals surface area contributed by atoms with Crippen molar-refractivity contribution in [2.75, 3.05) is 25.2 Å². The molecule has 5 unspecified atom stereocenters. The second-order valence-electron chi connectivity index (χ2n) is 6.58. The number of aliphatic carboxylic acids is 1. The van der Waals surface area contributed by atoms with E-state index in [4.69, 9.17) is 15.9 Å². The molecule has 0 spiro atoms. The van der Waals surface area contributed by atoms with Gasteiger partial charge in [-0.05, 0) is 24.3 Å². The molecule has 0 aromatic heterocycles. The molecular weight excluding hydrogens is 404 g/mol. The van der Waals surface area contributed by atoms with Crippen LogP contribution >= 0.6 is 11.8 Å². The van der Waals surface area contributed by atoms with E-state index < -0.39 is 61.1 Å². The minimum absolute atomic E-state index is 0.135.